The van der Waals surface area contributed by atoms with Crippen molar-refractivity contribution in [2.24, 2.45) is 0 Å². The van der Waals surface area contributed by atoms with Crippen molar-refractivity contribution in [2.75, 3.05) is 0 Å². The number of carbonyl (C=O) groups is 3. The first-order valence-electron chi connectivity index (χ1n) is 12.4. The van der Waals surface area contributed by atoms with Crippen LogP contribution in [0.15, 0.2) is 53.3 Å². The number of nitrogens with one attached hydrogen (secondary N) is 2. The molecule has 0 spiro atoms. The summed E-state index contributed by atoms with van der Waals surface area (Å²) < 4.78 is 7.03. The summed E-state index contributed by atoms with van der Waals surface area (Å²) in [6, 6.07) is 10.00. The normalized spacial score (nSPS) is 14.5. The first-order valence-corrected chi connectivity index (χ1v) is 12.4. The molecule has 11 heteroatoms. The molecule has 0 radical (unpaired) electrons. The second kappa shape index (κ2) is 9.35. The predicted molar refractivity (Wildman–Crippen MR) is 140 cm³/mol. The summed E-state index contributed by atoms with van der Waals surface area (Å²) in [5.41, 5.74) is 5.71. The molecule has 1 aliphatic rings. The van der Waals surface area contributed by atoms with Crippen LogP contribution in [0.25, 0.3) is 16.7 Å². The van der Waals surface area contributed by atoms with Crippen LogP contribution in [0.3, 0.4) is 0 Å². The van der Waals surface area contributed by atoms with Crippen molar-refractivity contribution in [3.8, 4) is 0 Å². The molecule has 0 aliphatic heterocycles. The first-order chi connectivity index (χ1) is 18.8. The number of benzene rings is 2. The molecule has 5 aromatic rings. The molecular weight excluding hydrogens is 500 g/mol. The highest BCUT2D eigenvalue weighted by Gasteiger charge is 2.28. The van der Waals surface area contributed by atoms with E-state index in [2.05, 4.69) is 25.6 Å². The number of carboxylic acid groups (broad SMARTS) is 1. The molecule has 196 valence electrons. The van der Waals surface area contributed by atoms with E-state index in [0.29, 0.717) is 41.0 Å². The molecule has 0 saturated carbocycles. The van der Waals surface area contributed by atoms with Gasteiger partial charge in [0.15, 0.2) is 17.1 Å². The van der Waals surface area contributed by atoms with Crippen LogP contribution >= 0.6 is 0 Å². The molecule has 1 atom stereocenters. The summed E-state index contributed by atoms with van der Waals surface area (Å²) in [6.07, 6.45) is 4.26. The van der Waals surface area contributed by atoms with Crippen LogP contribution in [0.1, 0.15) is 71.9 Å². The van der Waals surface area contributed by atoms with Crippen molar-refractivity contribution < 1.29 is 23.9 Å². The standard InChI is InChI=1S/C28H24N6O5/c1-14-17-6-7-20(19(17)5-4-18(14)28(37)38)33-26(35)22-10-23(34-13-29-12-25(34)32-22)27(36)30-11-16-3-8-24-21(9-16)31-15(2)39-24/h3-5,8-10,12-13,20H,6-7,11H2,1-2H3,(H,30,36)(H,33,35)(H,37,38)/t20-/m0/s1. The summed E-state index contributed by atoms with van der Waals surface area (Å²) in [5.74, 6) is -1.23. The Morgan fingerprint density at radius 2 is 1.95 bits per heavy atom. The van der Waals surface area contributed by atoms with Gasteiger partial charge in [0.2, 0.25) is 0 Å². The SMILES string of the molecule is Cc1nc2cc(CNC(=O)c3cc(C(=O)N[C@H]4CCc5c4ccc(C(=O)O)c5C)nc4cncn34)ccc2o1. The average Bonchev–Trinajstić information content (AvgIpc) is 3.64. The Labute approximate surface area is 221 Å². The van der Waals surface area contributed by atoms with Gasteiger partial charge in [0.05, 0.1) is 17.8 Å². The van der Waals surface area contributed by atoms with Gasteiger partial charge in [-0.2, -0.15) is 0 Å². The zero-order valence-corrected chi connectivity index (χ0v) is 21.2. The minimum Gasteiger partial charge on any atom is -0.478 e. The highest BCUT2D eigenvalue weighted by molar-refractivity contribution is 5.98. The van der Waals surface area contributed by atoms with Gasteiger partial charge >= 0.3 is 5.97 Å². The van der Waals surface area contributed by atoms with E-state index in [-0.39, 0.29) is 29.5 Å². The first kappa shape index (κ1) is 24.3. The lowest BCUT2D eigenvalue weighted by Crippen LogP contribution is -2.30. The number of aryl methyl sites for hydroxylation is 1. The Hall–Kier alpha value is -5.06. The molecule has 0 saturated heterocycles. The van der Waals surface area contributed by atoms with Crippen molar-refractivity contribution in [3.63, 3.8) is 0 Å². The van der Waals surface area contributed by atoms with E-state index in [9.17, 15) is 19.5 Å². The summed E-state index contributed by atoms with van der Waals surface area (Å²) in [6.45, 7) is 3.81. The fourth-order valence-corrected chi connectivity index (χ4v) is 5.17. The number of fused-ring (bicyclic) bond motifs is 3. The van der Waals surface area contributed by atoms with E-state index in [1.165, 1.54) is 23.0 Å². The number of oxazole rings is 1. The third-order valence-corrected chi connectivity index (χ3v) is 7.09. The maximum atomic E-state index is 13.3. The van der Waals surface area contributed by atoms with Crippen LogP contribution in [-0.2, 0) is 13.0 Å². The van der Waals surface area contributed by atoms with Crippen LogP contribution in [0, 0.1) is 13.8 Å². The van der Waals surface area contributed by atoms with Gasteiger partial charge in [0.1, 0.15) is 23.2 Å². The van der Waals surface area contributed by atoms with Crippen molar-refractivity contribution >= 4 is 34.5 Å². The zero-order valence-electron chi connectivity index (χ0n) is 21.2. The minimum absolute atomic E-state index is 0.0833. The van der Waals surface area contributed by atoms with Gasteiger partial charge in [0, 0.05) is 13.5 Å². The Kier molecular flexibility index (Phi) is 5.82. The number of carboxylic acids is 1. The molecule has 39 heavy (non-hydrogen) atoms. The number of carbonyl (C=O) groups excluding carboxylic acids is 2. The number of amides is 2. The van der Waals surface area contributed by atoms with Gasteiger partial charge in [-0.05, 0) is 66.3 Å². The Morgan fingerprint density at radius 3 is 2.77 bits per heavy atom. The molecule has 11 nitrogen and oxygen atoms in total. The fourth-order valence-electron chi connectivity index (χ4n) is 5.17. The summed E-state index contributed by atoms with van der Waals surface area (Å²) in [5, 5.41) is 15.3. The fraction of sp³-hybridized carbons (Fsp3) is 0.214. The van der Waals surface area contributed by atoms with E-state index in [0.717, 1.165) is 16.7 Å². The Balaban J connectivity index is 1.22. The van der Waals surface area contributed by atoms with Crippen LogP contribution in [0.4, 0.5) is 0 Å². The number of imidazole rings is 1. The van der Waals surface area contributed by atoms with Gasteiger partial charge in [-0.1, -0.05) is 12.1 Å². The number of nitrogens with zero attached hydrogens (tertiary/aromatic N) is 4. The summed E-state index contributed by atoms with van der Waals surface area (Å²) >= 11 is 0. The van der Waals surface area contributed by atoms with Crippen LogP contribution < -0.4 is 10.6 Å². The Bertz CT molecular complexity index is 1800. The summed E-state index contributed by atoms with van der Waals surface area (Å²) in [7, 11) is 0. The highest BCUT2D eigenvalue weighted by Crippen LogP contribution is 2.35. The predicted octanol–water partition coefficient (Wildman–Crippen LogP) is 3.53. The van der Waals surface area contributed by atoms with E-state index >= 15 is 0 Å². The van der Waals surface area contributed by atoms with Crippen LogP contribution in [0.2, 0.25) is 0 Å². The molecule has 6 rings (SSSR count). The molecule has 3 N–H and O–H groups in total. The van der Waals surface area contributed by atoms with E-state index < -0.39 is 17.8 Å². The Morgan fingerprint density at radius 1 is 1.10 bits per heavy atom. The van der Waals surface area contributed by atoms with Crippen LogP contribution in [0.5, 0.6) is 0 Å². The number of aromatic carboxylic acids is 1. The van der Waals surface area contributed by atoms with E-state index in [1.807, 2.05) is 18.2 Å². The lowest BCUT2D eigenvalue weighted by atomic mass is 9.98. The van der Waals surface area contributed by atoms with E-state index in [1.54, 1.807) is 26.0 Å². The molecule has 0 fully saturated rings. The number of rotatable bonds is 6. The quantitative estimate of drug-likeness (QED) is 0.305. The smallest absolute Gasteiger partial charge is 0.335 e. The van der Waals surface area contributed by atoms with Crippen molar-refractivity contribution in [2.45, 2.75) is 39.3 Å². The van der Waals surface area contributed by atoms with Gasteiger partial charge in [-0.15, -0.1) is 0 Å². The van der Waals surface area contributed by atoms with E-state index in [4.69, 9.17) is 4.42 Å². The third kappa shape index (κ3) is 4.37. The number of hydrogen-bond donors (Lipinski definition) is 3. The molecule has 1 aliphatic carbocycles. The molecular formula is C28H24N6O5. The molecule has 0 bridgehead atoms. The maximum absolute atomic E-state index is 13.3. The summed E-state index contributed by atoms with van der Waals surface area (Å²) in [4.78, 5) is 50.8. The lowest BCUT2D eigenvalue weighted by molar-refractivity contribution is 0.0695. The van der Waals surface area contributed by atoms with Crippen molar-refractivity contribution in [1.29, 1.82) is 0 Å². The maximum Gasteiger partial charge on any atom is 0.335 e. The number of aromatic nitrogens is 4. The highest BCUT2D eigenvalue weighted by atomic mass is 16.4. The van der Waals surface area contributed by atoms with Gasteiger partial charge in [-0.25, -0.2) is 19.7 Å². The van der Waals surface area contributed by atoms with Crippen molar-refractivity contribution in [1.82, 2.24) is 30.0 Å². The zero-order chi connectivity index (χ0) is 27.3. The van der Waals surface area contributed by atoms with Gasteiger partial charge < -0.3 is 20.2 Å². The third-order valence-electron chi connectivity index (χ3n) is 7.09. The van der Waals surface area contributed by atoms with Gasteiger partial charge in [-0.3, -0.25) is 14.0 Å². The monoisotopic (exact) mass is 524 g/mol. The van der Waals surface area contributed by atoms with Crippen LogP contribution in [-0.4, -0.2) is 42.2 Å². The average molecular weight is 525 g/mol. The molecule has 2 amide bonds. The topological polar surface area (TPSA) is 152 Å². The molecule has 3 heterocycles. The molecule has 3 aromatic heterocycles. The second-order valence-corrected chi connectivity index (χ2v) is 9.54. The molecule has 2 aromatic carbocycles. The minimum atomic E-state index is -0.972. The molecule has 0 unspecified atom stereocenters. The second-order valence-electron chi connectivity index (χ2n) is 9.54. The lowest BCUT2D eigenvalue weighted by Gasteiger charge is -2.16. The number of hydrogen-bond acceptors (Lipinski definition) is 7. The van der Waals surface area contributed by atoms with Crippen molar-refractivity contribution in [3.05, 3.63) is 94.0 Å². The van der Waals surface area contributed by atoms with Gasteiger partial charge in [0.25, 0.3) is 11.8 Å². The largest absolute Gasteiger partial charge is 0.478 e.